The summed E-state index contributed by atoms with van der Waals surface area (Å²) in [5, 5.41) is 6.04. The number of hydrogen-bond donors (Lipinski definition) is 1. The van der Waals surface area contributed by atoms with Crippen LogP contribution >= 0.6 is 0 Å². The minimum Gasteiger partial charge on any atom is -0.497 e. The smallest absolute Gasteiger partial charge is 0.119 e. The highest BCUT2D eigenvalue weighted by molar-refractivity contribution is 5.84. The molecule has 1 N–H and O–H groups in total. The van der Waals surface area contributed by atoms with Crippen LogP contribution in [0.5, 0.6) is 5.75 Å². The summed E-state index contributed by atoms with van der Waals surface area (Å²) in [5.41, 5.74) is 3.80. The van der Waals surface area contributed by atoms with E-state index in [9.17, 15) is 0 Å². The van der Waals surface area contributed by atoms with E-state index in [0.717, 1.165) is 25.4 Å². The molecule has 0 bridgehead atoms. The minimum absolute atomic E-state index is 0.430. The van der Waals surface area contributed by atoms with Gasteiger partial charge in [-0.3, -0.25) is 0 Å². The van der Waals surface area contributed by atoms with Crippen LogP contribution in [-0.4, -0.2) is 26.7 Å². The molecule has 142 valence electrons. The van der Waals surface area contributed by atoms with Crippen molar-refractivity contribution in [1.29, 1.82) is 0 Å². The number of nitrogens with zero attached hydrogens (tertiary/aromatic N) is 1. The molecule has 0 fully saturated rings. The minimum atomic E-state index is 0.430. The molecule has 3 heteroatoms. The molecule has 0 saturated heterocycles. The second kappa shape index (κ2) is 8.81. The number of hydrogen-bond acceptors (Lipinski definition) is 3. The largest absolute Gasteiger partial charge is 0.497 e. The van der Waals surface area contributed by atoms with Crippen molar-refractivity contribution in [3.05, 3.63) is 66.2 Å². The van der Waals surface area contributed by atoms with Crippen molar-refractivity contribution in [3.63, 3.8) is 0 Å². The Balaban J connectivity index is 1.65. The lowest BCUT2D eigenvalue weighted by atomic mass is 9.97. The number of anilines is 2. The molecule has 0 aliphatic rings. The van der Waals surface area contributed by atoms with Crippen LogP contribution in [0.2, 0.25) is 0 Å². The van der Waals surface area contributed by atoms with Gasteiger partial charge < -0.3 is 15.0 Å². The normalized spacial score (nSPS) is 12.0. The van der Waals surface area contributed by atoms with Gasteiger partial charge in [0.25, 0.3) is 0 Å². The Morgan fingerprint density at radius 3 is 2.22 bits per heavy atom. The fourth-order valence-corrected chi connectivity index (χ4v) is 3.44. The zero-order valence-electron chi connectivity index (χ0n) is 16.8. The third-order valence-electron chi connectivity index (χ3n) is 5.25. The van der Waals surface area contributed by atoms with Crippen molar-refractivity contribution < 1.29 is 4.74 Å². The fourth-order valence-electron chi connectivity index (χ4n) is 3.44. The second-order valence-electron chi connectivity index (χ2n) is 6.97. The van der Waals surface area contributed by atoms with Gasteiger partial charge in [-0.05, 0) is 72.5 Å². The molecule has 3 rings (SSSR count). The van der Waals surface area contributed by atoms with Crippen molar-refractivity contribution in [2.75, 3.05) is 37.0 Å². The van der Waals surface area contributed by atoms with Crippen LogP contribution in [0.4, 0.5) is 11.4 Å². The van der Waals surface area contributed by atoms with E-state index in [-0.39, 0.29) is 0 Å². The highest BCUT2D eigenvalue weighted by Crippen LogP contribution is 2.26. The molecule has 0 amide bonds. The Bertz CT molecular complexity index is 869. The van der Waals surface area contributed by atoms with Crippen LogP contribution in [0.3, 0.4) is 0 Å². The molecule has 0 radical (unpaired) electrons. The van der Waals surface area contributed by atoms with Gasteiger partial charge in [0, 0.05) is 31.0 Å². The topological polar surface area (TPSA) is 24.5 Å². The summed E-state index contributed by atoms with van der Waals surface area (Å²) in [7, 11) is 1.71. The summed E-state index contributed by atoms with van der Waals surface area (Å²) >= 11 is 0. The molecule has 27 heavy (non-hydrogen) atoms. The monoisotopic (exact) mass is 362 g/mol. The van der Waals surface area contributed by atoms with E-state index in [1.165, 1.54) is 27.7 Å². The number of rotatable bonds is 8. The number of methoxy groups -OCH3 is 1. The Labute approximate surface area is 163 Å². The van der Waals surface area contributed by atoms with E-state index in [1.807, 2.05) is 6.07 Å². The fraction of sp³-hybridized carbons (Fsp3) is 0.333. The van der Waals surface area contributed by atoms with Gasteiger partial charge in [0.1, 0.15) is 5.75 Å². The van der Waals surface area contributed by atoms with Gasteiger partial charge in [0.15, 0.2) is 0 Å². The van der Waals surface area contributed by atoms with Gasteiger partial charge in [0.05, 0.1) is 7.11 Å². The lowest BCUT2D eigenvalue weighted by Gasteiger charge is -2.21. The maximum Gasteiger partial charge on any atom is 0.119 e. The number of fused-ring (bicyclic) bond motifs is 1. The van der Waals surface area contributed by atoms with E-state index in [2.05, 4.69) is 85.6 Å². The molecule has 1 atom stereocenters. The van der Waals surface area contributed by atoms with Crippen molar-refractivity contribution in [2.24, 2.45) is 0 Å². The zero-order valence-corrected chi connectivity index (χ0v) is 16.8. The summed E-state index contributed by atoms with van der Waals surface area (Å²) in [6.07, 6.45) is 0. The molecule has 0 aliphatic heterocycles. The highest BCUT2D eigenvalue weighted by Gasteiger charge is 2.08. The quantitative estimate of drug-likeness (QED) is 0.539. The first-order valence-electron chi connectivity index (χ1n) is 9.81. The molecule has 3 aromatic rings. The zero-order chi connectivity index (χ0) is 19.2. The molecular weight excluding hydrogens is 332 g/mol. The Morgan fingerprint density at radius 2 is 1.56 bits per heavy atom. The molecule has 0 aliphatic carbocycles. The van der Waals surface area contributed by atoms with E-state index in [4.69, 9.17) is 4.74 Å². The molecule has 0 spiro atoms. The van der Waals surface area contributed by atoms with Gasteiger partial charge in [-0.15, -0.1) is 0 Å². The second-order valence-corrected chi connectivity index (χ2v) is 6.97. The third kappa shape index (κ3) is 4.54. The van der Waals surface area contributed by atoms with E-state index >= 15 is 0 Å². The molecule has 0 heterocycles. The van der Waals surface area contributed by atoms with Crippen LogP contribution in [0, 0.1) is 0 Å². The first kappa shape index (κ1) is 19.1. The maximum atomic E-state index is 5.31. The van der Waals surface area contributed by atoms with Crippen molar-refractivity contribution in [3.8, 4) is 5.75 Å². The van der Waals surface area contributed by atoms with Crippen LogP contribution < -0.4 is 15.0 Å². The first-order valence-corrected chi connectivity index (χ1v) is 9.81. The number of ether oxygens (including phenoxy) is 1. The highest BCUT2D eigenvalue weighted by atomic mass is 16.5. The summed E-state index contributed by atoms with van der Waals surface area (Å²) in [4.78, 5) is 2.36. The van der Waals surface area contributed by atoms with Gasteiger partial charge in [-0.1, -0.05) is 31.2 Å². The van der Waals surface area contributed by atoms with Crippen LogP contribution in [-0.2, 0) is 0 Å². The number of benzene rings is 3. The van der Waals surface area contributed by atoms with Crippen LogP contribution in [0.15, 0.2) is 60.7 Å². The van der Waals surface area contributed by atoms with Gasteiger partial charge in [-0.25, -0.2) is 0 Å². The average Bonchev–Trinajstić information content (AvgIpc) is 2.73. The predicted molar refractivity (Wildman–Crippen MR) is 117 cm³/mol. The van der Waals surface area contributed by atoms with Crippen molar-refractivity contribution in [1.82, 2.24) is 0 Å². The maximum absolute atomic E-state index is 5.31. The molecule has 3 nitrogen and oxygen atoms in total. The summed E-state index contributed by atoms with van der Waals surface area (Å²) in [5.74, 6) is 1.33. The van der Waals surface area contributed by atoms with Gasteiger partial charge in [-0.2, -0.15) is 0 Å². The van der Waals surface area contributed by atoms with Crippen molar-refractivity contribution >= 4 is 22.1 Å². The Morgan fingerprint density at radius 1 is 0.889 bits per heavy atom. The third-order valence-corrected chi connectivity index (χ3v) is 5.25. The van der Waals surface area contributed by atoms with E-state index in [0.29, 0.717) is 5.92 Å². The molecule has 1 unspecified atom stereocenters. The Kier molecular flexibility index (Phi) is 6.23. The molecule has 3 aromatic carbocycles. The first-order chi connectivity index (χ1) is 13.1. The number of nitrogens with one attached hydrogen (secondary N) is 1. The standard InChI is InChI=1S/C24H30N2O/c1-5-26(6-2)23-12-10-22(11-13-23)25-17-18(3)19-7-8-21-16-24(27-4)14-9-20(21)15-19/h7-16,18,25H,5-6,17H2,1-4H3. The van der Waals surface area contributed by atoms with E-state index in [1.54, 1.807) is 7.11 Å². The van der Waals surface area contributed by atoms with Crippen LogP contribution in [0.25, 0.3) is 10.8 Å². The van der Waals surface area contributed by atoms with Gasteiger partial charge in [0.2, 0.25) is 0 Å². The summed E-state index contributed by atoms with van der Waals surface area (Å²) < 4.78 is 5.31. The predicted octanol–water partition coefficient (Wildman–Crippen LogP) is 5.91. The van der Waals surface area contributed by atoms with E-state index < -0.39 is 0 Å². The summed E-state index contributed by atoms with van der Waals surface area (Å²) in [6.45, 7) is 9.63. The Hall–Kier alpha value is -2.68. The molecule has 0 aromatic heterocycles. The van der Waals surface area contributed by atoms with Crippen LogP contribution in [0.1, 0.15) is 32.3 Å². The summed E-state index contributed by atoms with van der Waals surface area (Å²) in [6, 6.07) is 21.7. The molecule has 0 saturated carbocycles. The lowest BCUT2D eigenvalue weighted by Crippen LogP contribution is -2.21. The van der Waals surface area contributed by atoms with Gasteiger partial charge >= 0.3 is 0 Å². The lowest BCUT2D eigenvalue weighted by molar-refractivity contribution is 0.415. The van der Waals surface area contributed by atoms with Crippen molar-refractivity contribution in [2.45, 2.75) is 26.7 Å². The SMILES string of the molecule is CCN(CC)c1ccc(NCC(C)c2ccc3cc(OC)ccc3c2)cc1. The molecular formula is C24H30N2O. The average molecular weight is 363 g/mol.